The van der Waals surface area contributed by atoms with Gasteiger partial charge in [-0.3, -0.25) is 9.59 Å². The summed E-state index contributed by atoms with van der Waals surface area (Å²) < 4.78 is 10.1. The Morgan fingerprint density at radius 2 is 1.83 bits per heavy atom. The van der Waals surface area contributed by atoms with Crippen molar-refractivity contribution in [2.24, 2.45) is 0 Å². The van der Waals surface area contributed by atoms with Crippen molar-refractivity contribution in [1.29, 1.82) is 0 Å². The van der Waals surface area contributed by atoms with Gasteiger partial charge in [0.2, 0.25) is 0 Å². The number of anilines is 1. The molecular formula is C21H28N2O6. The van der Waals surface area contributed by atoms with Crippen LogP contribution in [0.4, 0.5) is 10.5 Å². The molecule has 0 radical (unpaired) electrons. The summed E-state index contributed by atoms with van der Waals surface area (Å²) in [5, 5.41) is 11.1. The number of aliphatic hydroxyl groups is 1. The van der Waals surface area contributed by atoms with Crippen molar-refractivity contribution in [3.05, 3.63) is 29.8 Å². The molecule has 2 heterocycles. The average molecular weight is 404 g/mol. The molecule has 8 heteroatoms. The third kappa shape index (κ3) is 4.07. The van der Waals surface area contributed by atoms with Crippen molar-refractivity contribution in [3.8, 4) is 0 Å². The third-order valence-electron chi connectivity index (χ3n) is 5.29. The highest BCUT2D eigenvalue weighted by Crippen LogP contribution is 2.44. The minimum Gasteiger partial charge on any atom is -0.469 e. The van der Waals surface area contributed by atoms with Crippen molar-refractivity contribution >= 4 is 23.7 Å². The topological polar surface area (TPSA) is 96.4 Å². The summed E-state index contributed by atoms with van der Waals surface area (Å²) in [6.45, 7) is 6.35. The Labute approximate surface area is 170 Å². The summed E-state index contributed by atoms with van der Waals surface area (Å²) in [5.74, 6) is -1.18. The maximum Gasteiger partial charge on any atom is 0.410 e. The Morgan fingerprint density at radius 1 is 1.21 bits per heavy atom. The van der Waals surface area contributed by atoms with Gasteiger partial charge in [-0.05, 0) is 39.7 Å². The normalized spacial score (nSPS) is 22.4. The van der Waals surface area contributed by atoms with E-state index in [-0.39, 0.29) is 12.1 Å². The fraction of sp³-hybridized carbons (Fsp3) is 0.571. The highest BCUT2D eigenvalue weighted by atomic mass is 16.6. The van der Waals surface area contributed by atoms with Crippen LogP contribution in [0.5, 0.6) is 0 Å². The Morgan fingerprint density at radius 3 is 2.41 bits per heavy atom. The van der Waals surface area contributed by atoms with Gasteiger partial charge in [0, 0.05) is 24.7 Å². The molecule has 3 rings (SSSR count). The number of esters is 1. The maximum atomic E-state index is 13.2. The molecule has 158 valence electrons. The number of ether oxygens (including phenoxy) is 2. The average Bonchev–Trinajstić information content (AvgIpc) is 2.88. The number of rotatable bonds is 3. The molecule has 1 atom stereocenters. The highest BCUT2D eigenvalue weighted by molar-refractivity contribution is 6.08. The smallest absolute Gasteiger partial charge is 0.410 e. The number of carbonyl (C=O) groups is 3. The molecule has 2 amide bonds. The second-order valence-corrected chi connectivity index (χ2v) is 8.50. The van der Waals surface area contributed by atoms with Crippen LogP contribution in [0.2, 0.25) is 0 Å². The van der Waals surface area contributed by atoms with E-state index in [0.717, 1.165) is 0 Å². The van der Waals surface area contributed by atoms with E-state index in [4.69, 9.17) is 4.74 Å². The van der Waals surface area contributed by atoms with Crippen LogP contribution < -0.4 is 4.90 Å². The van der Waals surface area contributed by atoms with Crippen LogP contribution >= 0.6 is 0 Å². The van der Waals surface area contributed by atoms with E-state index >= 15 is 0 Å². The van der Waals surface area contributed by atoms with Gasteiger partial charge in [0.1, 0.15) is 5.60 Å². The summed E-state index contributed by atoms with van der Waals surface area (Å²) in [7, 11) is 1.22. The summed E-state index contributed by atoms with van der Waals surface area (Å²) in [5.41, 5.74) is -1.50. The fourth-order valence-corrected chi connectivity index (χ4v) is 3.90. The molecule has 1 aromatic carbocycles. The third-order valence-corrected chi connectivity index (χ3v) is 5.29. The van der Waals surface area contributed by atoms with Gasteiger partial charge in [-0.2, -0.15) is 0 Å². The lowest BCUT2D eigenvalue weighted by Crippen LogP contribution is -2.51. The number of nitrogens with zero attached hydrogens (tertiary/aromatic N) is 2. The van der Waals surface area contributed by atoms with Gasteiger partial charge in [-0.1, -0.05) is 18.2 Å². The van der Waals surface area contributed by atoms with E-state index in [1.54, 1.807) is 34.1 Å². The van der Waals surface area contributed by atoms with E-state index in [1.807, 2.05) is 20.8 Å². The highest BCUT2D eigenvalue weighted by Gasteiger charge is 2.53. The summed E-state index contributed by atoms with van der Waals surface area (Å²) in [4.78, 5) is 40.5. The zero-order chi connectivity index (χ0) is 21.4. The standard InChI is InChI=1S/C21H28N2O6/c1-20(2,3)29-19(26)22-11-9-14(10-12-22)23-16-8-6-5-7-15(16)21(27,18(23)25)13-17(24)28-4/h5-8,14,27H,9-13H2,1-4H3. The van der Waals surface area contributed by atoms with E-state index in [1.165, 1.54) is 7.11 Å². The number of hydrogen-bond acceptors (Lipinski definition) is 6. The van der Waals surface area contributed by atoms with E-state index in [2.05, 4.69) is 4.74 Å². The number of benzene rings is 1. The first kappa shape index (κ1) is 21.1. The van der Waals surface area contributed by atoms with Crippen LogP contribution in [0.15, 0.2) is 24.3 Å². The Hall–Kier alpha value is -2.61. The molecule has 2 aliphatic heterocycles. The Kier molecular flexibility index (Phi) is 5.58. The lowest BCUT2D eigenvalue weighted by molar-refractivity contribution is -0.153. The number of carbonyl (C=O) groups excluding carboxylic acids is 3. The largest absolute Gasteiger partial charge is 0.469 e. The molecule has 0 bridgehead atoms. The van der Waals surface area contributed by atoms with Crippen LogP contribution in [0.1, 0.15) is 45.6 Å². The molecule has 0 spiro atoms. The Bertz CT molecular complexity index is 810. The predicted octanol–water partition coefficient (Wildman–Crippen LogP) is 2.18. The van der Waals surface area contributed by atoms with Crippen molar-refractivity contribution in [2.45, 2.75) is 57.3 Å². The van der Waals surface area contributed by atoms with Crippen molar-refractivity contribution < 1.29 is 29.0 Å². The van der Waals surface area contributed by atoms with Crippen molar-refractivity contribution in [2.75, 3.05) is 25.1 Å². The van der Waals surface area contributed by atoms with Gasteiger partial charge in [0.25, 0.3) is 5.91 Å². The molecule has 1 N–H and O–H groups in total. The number of fused-ring (bicyclic) bond motifs is 1. The number of para-hydroxylation sites is 1. The van der Waals surface area contributed by atoms with Gasteiger partial charge in [0.15, 0.2) is 5.60 Å². The van der Waals surface area contributed by atoms with Crippen LogP contribution in [-0.4, -0.2) is 59.8 Å². The van der Waals surface area contributed by atoms with Gasteiger partial charge >= 0.3 is 12.1 Å². The van der Waals surface area contributed by atoms with Crippen LogP contribution in [0, 0.1) is 0 Å². The van der Waals surface area contributed by atoms with E-state index in [0.29, 0.717) is 37.2 Å². The molecule has 29 heavy (non-hydrogen) atoms. The molecule has 1 unspecified atom stereocenters. The van der Waals surface area contributed by atoms with Crippen LogP contribution in [0.25, 0.3) is 0 Å². The van der Waals surface area contributed by atoms with Crippen LogP contribution in [0.3, 0.4) is 0 Å². The zero-order valence-electron chi connectivity index (χ0n) is 17.3. The number of amides is 2. The summed E-state index contributed by atoms with van der Waals surface area (Å²) in [6.07, 6.45) is 0.291. The number of hydrogen-bond donors (Lipinski definition) is 1. The summed E-state index contributed by atoms with van der Waals surface area (Å²) in [6, 6.07) is 6.75. The lowest BCUT2D eigenvalue weighted by atomic mass is 9.92. The van der Waals surface area contributed by atoms with E-state index < -0.39 is 29.5 Å². The molecule has 8 nitrogen and oxygen atoms in total. The first-order valence-electron chi connectivity index (χ1n) is 9.77. The van der Waals surface area contributed by atoms with Crippen LogP contribution in [-0.2, 0) is 24.7 Å². The maximum absolute atomic E-state index is 13.2. The van der Waals surface area contributed by atoms with Gasteiger partial charge < -0.3 is 24.4 Å². The monoisotopic (exact) mass is 404 g/mol. The minimum absolute atomic E-state index is 0.186. The molecular weight excluding hydrogens is 376 g/mol. The summed E-state index contributed by atoms with van der Waals surface area (Å²) >= 11 is 0. The number of piperidine rings is 1. The second-order valence-electron chi connectivity index (χ2n) is 8.50. The fourth-order valence-electron chi connectivity index (χ4n) is 3.90. The predicted molar refractivity (Wildman–Crippen MR) is 105 cm³/mol. The van der Waals surface area contributed by atoms with Gasteiger partial charge in [-0.15, -0.1) is 0 Å². The molecule has 1 fully saturated rings. The molecule has 2 aliphatic rings. The number of methoxy groups -OCH3 is 1. The SMILES string of the molecule is COC(=O)CC1(O)C(=O)N(C2CCN(C(=O)OC(C)(C)C)CC2)c2ccccc21. The quantitative estimate of drug-likeness (QED) is 0.776. The molecule has 0 aliphatic carbocycles. The van der Waals surface area contributed by atoms with Gasteiger partial charge in [0.05, 0.1) is 19.2 Å². The molecule has 1 saturated heterocycles. The first-order chi connectivity index (χ1) is 13.6. The van der Waals surface area contributed by atoms with E-state index in [9.17, 15) is 19.5 Å². The Balaban J connectivity index is 1.78. The van der Waals surface area contributed by atoms with Crippen molar-refractivity contribution in [1.82, 2.24) is 4.90 Å². The zero-order valence-corrected chi connectivity index (χ0v) is 17.3. The molecule has 1 aromatic rings. The second kappa shape index (κ2) is 7.67. The van der Waals surface area contributed by atoms with Gasteiger partial charge in [-0.25, -0.2) is 4.79 Å². The number of likely N-dealkylation sites (tertiary alicyclic amines) is 1. The lowest BCUT2D eigenvalue weighted by Gasteiger charge is -2.37. The first-order valence-corrected chi connectivity index (χ1v) is 9.77. The molecule has 0 saturated carbocycles. The molecule has 0 aromatic heterocycles. The minimum atomic E-state index is -1.94. The van der Waals surface area contributed by atoms with Crippen molar-refractivity contribution in [3.63, 3.8) is 0 Å².